The summed E-state index contributed by atoms with van der Waals surface area (Å²) in [5.41, 5.74) is 2.13. The number of carboxylic acids is 1. The minimum atomic E-state index is -1.21. The summed E-state index contributed by atoms with van der Waals surface area (Å²) in [4.78, 5) is 25.9. The second-order valence-corrected chi connectivity index (χ2v) is 10.0. The van der Waals surface area contributed by atoms with Crippen LogP contribution < -0.4 is 34.3 Å². The molecule has 9 nitrogen and oxygen atoms in total. The fraction of sp³-hybridized carbons (Fsp3) is 0.414. The van der Waals surface area contributed by atoms with E-state index in [1.165, 1.54) is 54.1 Å². The predicted molar refractivity (Wildman–Crippen MR) is 145 cm³/mol. The van der Waals surface area contributed by atoms with Gasteiger partial charge in [-0.1, -0.05) is 26.0 Å². The first-order valence-electron chi connectivity index (χ1n) is 12.9. The quantitative estimate of drug-likeness (QED) is 0.258. The van der Waals surface area contributed by atoms with Crippen LogP contribution >= 0.6 is 0 Å². The van der Waals surface area contributed by atoms with E-state index in [0.29, 0.717) is 16.9 Å². The van der Waals surface area contributed by atoms with Crippen LogP contribution in [0, 0.1) is 11.6 Å². The zero-order chi connectivity index (χ0) is 29.6. The molecule has 0 aliphatic carbocycles. The Morgan fingerprint density at radius 3 is 2.34 bits per heavy atom. The van der Waals surface area contributed by atoms with Gasteiger partial charge in [0, 0.05) is 30.4 Å². The zero-order valence-corrected chi connectivity index (χ0v) is 26.0. The Morgan fingerprint density at radius 1 is 1.10 bits per heavy atom. The Bertz CT molecular complexity index is 1340. The summed E-state index contributed by atoms with van der Waals surface area (Å²) in [6.45, 7) is 3.74. The average molecular weight is 584 g/mol. The third-order valence-corrected chi connectivity index (χ3v) is 6.56. The van der Waals surface area contributed by atoms with Crippen molar-refractivity contribution in [1.82, 2.24) is 14.7 Å². The molecular formula is C29H36F2N3NaO6. The Kier molecular flexibility index (Phi) is 12.9. The first kappa shape index (κ1) is 34.4. The molecule has 0 fully saturated rings. The van der Waals surface area contributed by atoms with Gasteiger partial charge in [0.1, 0.15) is 5.82 Å². The van der Waals surface area contributed by atoms with Crippen LogP contribution in [0.2, 0.25) is 0 Å². The van der Waals surface area contributed by atoms with Crippen molar-refractivity contribution in [3.05, 3.63) is 76.6 Å². The molecule has 0 spiro atoms. The minimum Gasteiger partial charge on any atom is -1.00 e. The molecule has 1 amide bonds. The normalized spacial score (nSPS) is 12.5. The summed E-state index contributed by atoms with van der Waals surface area (Å²) < 4.78 is 35.0. The van der Waals surface area contributed by atoms with Gasteiger partial charge in [-0.3, -0.25) is 9.59 Å². The molecule has 0 bridgehead atoms. The largest absolute Gasteiger partial charge is 1.00 e. The molecule has 3 aromatic rings. The predicted octanol–water partition coefficient (Wildman–Crippen LogP) is 1.19. The van der Waals surface area contributed by atoms with Crippen LogP contribution in [0.25, 0.3) is 5.69 Å². The van der Waals surface area contributed by atoms with E-state index in [0.717, 1.165) is 0 Å². The van der Waals surface area contributed by atoms with E-state index in [9.17, 15) is 28.6 Å². The van der Waals surface area contributed by atoms with Gasteiger partial charge in [-0.15, -0.1) is 0 Å². The summed E-state index contributed by atoms with van der Waals surface area (Å²) >= 11 is 0. The molecule has 0 radical (unpaired) electrons. The number of aromatic nitrogens is 2. The Morgan fingerprint density at radius 2 is 1.76 bits per heavy atom. The maximum atomic E-state index is 14.8. The second kappa shape index (κ2) is 15.4. The molecule has 1 heterocycles. The van der Waals surface area contributed by atoms with Crippen molar-refractivity contribution in [2.45, 2.75) is 64.2 Å². The second-order valence-electron chi connectivity index (χ2n) is 10.0. The van der Waals surface area contributed by atoms with E-state index in [1.54, 1.807) is 12.1 Å². The van der Waals surface area contributed by atoms with Crippen molar-refractivity contribution in [3.8, 4) is 11.4 Å². The third kappa shape index (κ3) is 8.83. The number of halogens is 2. The van der Waals surface area contributed by atoms with Crippen LogP contribution in [0.5, 0.6) is 5.75 Å². The summed E-state index contributed by atoms with van der Waals surface area (Å²) in [7, 11) is 2.90. The van der Waals surface area contributed by atoms with Gasteiger partial charge in [-0.2, -0.15) is 5.10 Å². The number of hydrogen-bond donors (Lipinski definition) is 3. The van der Waals surface area contributed by atoms with Gasteiger partial charge in [0.25, 0.3) is 5.91 Å². The smallest absolute Gasteiger partial charge is 1.00 e. The Hall–Kier alpha value is -2.83. The molecule has 3 rings (SSSR count). The molecule has 41 heavy (non-hydrogen) atoms. The molecule has 1 aromatic heterocycles. The van der Waals surface area contributed by atoms with Crippen LogP contribution in [0.15, 0.2) is 42.5 Å². The van der Waals surface area contributed by atoms with Crippen LogP contribution in [-0.4, -0.2) is 68.2 Å². The van der Waals surface area contributed by atoms with Gasteiger partial charge in [0.05, 0.1) is 31.4 Å². The van der Waals surface area contributed by atoms with Crippen molar-refractivity contribution in [2.75, 3.05) is 14.2 Å². The number of carbonyl (C=O) groups is 2. The SMILES string of the molecule is COc1cccc(CN(C)C(=O)c2nn(-c3ccc(F)cc3)c(CCC(O)CC(O)CC(=O)O)c2C(C)C)c1F.[H-].[Na+]. The number of rotatable bonds is 13. The number of ether oxygens (including phenoxy) is 1. The number of aliphatic hydroxyl groups is 2. The molecule has 2 unspecified atom stereocenters. The topological polar surface area (TPSA) is 125 Å². The number of benzene rings is 2. The fourth-order valence-corrected chi connectivity index (χ4v) is 4.63. The van der Waals surface area contributed by atoms with E-state index in [2.05, 4.69) is 5.10 Å². The molecule has 218 valence electrons. The van der Waals surface area contributed by atoms with Gasteiger partial charge >= 0.3 is 35.5 Å². The van der Waals surface area contributed by atoms with Crippen LogP contribution in [0.3, 0.4) is 0 Å². The molecule has 2 aromatic carbocycles. The van der Waals surface area contributed by atoms with Crippen molar-refractivity contribution in [1.29, 1.82) is 0 Å². The van der Waals surface area contributed by atoms with Crippen LogP contribution in [-0.2, 0) is 17.8 Å². The first-order chi connectivity index (χ1) is 18.9. The zero-order valence-electron chi connectivity index (χ0n) is 25.0. The maximum Gasteiger partial charge on any atom is 1.00 e. The fourth-order valence-electron chi connectivity index (χ4n) is 4.63. The van der Waals surface area contributed by atoms with E-state index < -0.39 is 42.1 Å². The van der Waals surface area contributed by atoms with Gasteiger partial charge < -0.3 is 26.4 Å². The Balaban J connectivity index is 0.00000441. The first-order valence-corrected chi connectivity index (χ1v) is 12.9. The van der Waals surface area contributed by atoms with Gasteiger partial charge in [0.15, 0.2) is 17.3 Å². The summed E-state index contributed by atoms with van der Waals surface area (Å²) in [6, 6.07) is 10.3. The van der Waals surface area contributed by atoms with E-state index >= 15 is 0 Å². The number of aliphatic hydroxyl groups excluding tert-OH is 2. The molecular weight excluding hydrogens is 547 g/mol. The number of aliphatic carboxylic acids is 1. The number of hydrogen-bond acceptors (Lipinski definition) is 6. The summed E-state index contributed by atoms with van der Waals surface area (Å²) in [5, 5.41) is 33.9. The summed E-state index contributed by atoms with van der Waals surface area (Å²) in [6.07, 6.45) is -2.44. The van der Waals surface area contributed by atoms with E-state index in [1.807, 2.05) is 13.8 Å². The van der Waals surface area contributed by atoms with E-state index in [4.69, 9.17) is 9.84 Å². The molecule has 0 saturated carbocycles. The Labute approximate surface area is 261 Å². The summed E-state index contributed by atoms with van der Waals surface area (Å²) in [5.74, 6) is -2.75. The number of carboxylic acid groups (broad SMARTS) is 1. The number of amides is 1. The molecule has 3 N–H and O–H groups in total. The number of methoxy groups -OCH3 is 1. The van der Waals surface area contributed by atoms with Gasteiger partial charge in [-0.05, 0) is 55.5 Å². The van der Waals surface area contributed by atoms with Gasteiger partial charge in [-0.25, -0.2) is 13.5 Å². The molecule has 12 heteroatoms. The average Bonchev–Trinajstić information content (AvgIpc) is 3.27. The van der Waals surface area contributed by atoms with Crippen molar-refractivity contribution < 1.29 is 69.4 Å². The van der Waals surface area contributed by atoms with Crippen molar-refractivity contribution >= 4 is 11.9 Å². The monoisotopic (exact) mass is 583 g/mol. The van der Waals surface area contributed by atoms with E-state index in [-0.39, 0.29) is 79.7 Å². The van der Waals surface area contributed by atoms with Crippen LogP contribution in [0.1, 0.15) is 67.8 Å². The minimum absolute atomic E-state index is 0. The van der Waals surface area contributed by atoms with Crippen molar-refractivity contribution in [3.63, 3.8) is 0 Å². The number of nitrogens with zero attached hydrogens (tertiary/aromatic N) is 3. The molecule has 0 aliphatic rings. The van der Waals surface area contributed by atoms with Crippen molar-refractivity contribution in [2.24, 2.45) is 0 Å². The van der Waals surface area contributed by atoms with Crippen LogP contribution in [0.4, 0.5) is 8.78 Å². The molecule has 0 aliphatic heterocycles. The molecule has 2 atom stereocenters. The maximum absolute atomic E-state index is 14.8. The molecule has 0 saturated heterocycles. The standard InChI is InChI=1S/C29H35F2N3O6.Na.H/c1-17(2)26-23(13-12-21(35)14-22(36)15-25(37)38)34(20-10-8-19(30)9-11-20)32-28(26)29(39)33(3)16-18-6-5-7-24(40-4)27(18)31;;/h5-11,17,21-22,35-36H,12-16H2,1-4H3,(H,37,38);;/q;+1;-1. The number of carbonyl (C=O) groups excluding carboxylic acids is 1. The van der Waals surface area contributed by atoms with Gasteiger partial charge in [0.2, 0.25) is 0 Å². The third-order valence-electron chi connectivity index (χ3n) is 6.56.